The van der Waals surface area contributed by atoms with E-state index in [9.17, 15) is 0 Å². The molecule has 0 saturated carbocycles. The van der Waals surface area contributed by atoms with E-state index < -0.39 is 0 Å². The minimum Gasteiger partial charge on any atom is -0.399 e. The summed E-state index contributed by atoms with van der Waals surface area (Å²) in [6, 6.07) is 7.53. The van der Waals surface area contributed by atoms with Crippen molar-refractivity contribution in [2.45, 2.75) is 52.9 Å². The molecule has 0 unspecified atom stereocenters. The summed E-state index contributed by atoms with van der Waals surface area (Å²) in [6.07, 6.45) is 0. The zero-order chi connectivity index (χ0) is 14.0. The van der Waals surface area contributed by atoms with E-state index in [-0.39, 0.29) is 0 Å². The van der Waals surface area contributed by atoms with Crippen LogP contribution < -0.4 is 5.73 Å². The van der Waals surface area contributed by atoms with Gasteiger partial charge in [0.05, 0.1) is 0 Å². The van der Waals surface area contributed by atoms with Crippen molar-refractivity contribution in [3.8, 4) is 0 Å². The maximum absolute atomic E-state index is 5.85. The quantitative estimate of drug-likeness (QED) is 0.827. The van der Waals surface area contributed by atoms with Crippen molar-refractivity contribution < 1.29 is 0 Å². The highest BCUT2D eigenvalue weighted by atomic mass is 15.2. The molecule has 2 rings (SSSR count). The zero-order valence-electron chi connectivity index (χ0n) is 12.7. The number of anilines is 1. The second kappa shape index (κ2) is 5.93. The van der Waals surface area contributed by atoms with Gasteiger partial charge < -0.3 is 5.73 Å². The molecule has 1 aromatic rings. The third kappa shape index (κ3) is 3.48. The molecule has 0 fully saturated rings. The van der Waals surface area contributed by atoms with Crippen LogP contribution in [0, 0.1) is 0 Å². The topological polar surface area (TPSA) is 32.5 Å². The highest BCUT2D eigenvalue weighted by Gasteiger charge is 2.20. The summed E-state index contributed by atoms with van der Waals surface area (Å²) in [4.78, 5) is 5.07. The first-order valence-electron chi connectivity index (χ1n) is 7.32. The number of nitrogens with two attached hydrogens (primary N) is 1. The summed E-state index contributed by atoms with van der Waals surface area (Å²) >= 11 is 0. The van der Waals surface area contributed by atoms with E-state index in [1.807, 2.05) is 6.07 Å². The van der Waals surface area contributed by atoms with Gasteiger partial charge in [-0.05, 0) is 51.0 Å². The monoisotopic (exact) mass is 261 g/mol. The van der Waals surface area contributed by atoms with Gasteiger partial charge in [-0.2, -0.15) is 0 Å². The summed E-state index contributed by atoms with van der Waals surface area (Å²) in [5.41, 5.74) is 9.58. The fourth-order valence-corrected chi connectivity index (χ4v) is 3.01. The second-order valence-corrected chi connectivity index (χ2v) is 6.16. The van der Waals surface area contributed by atoms with E-state index in [1.165, 1.54) is 11.1 Å². The van der Waals surface area contributed by atoms with Gasteiger partial charge in [-0.25, -0.2) is 0 Å². The molecule has 3 nitrogen and oxygen atoms in total. The molecule has 0 aliphatic carbocycles. The minimum absolute atomic E-state index is 0.612. The van der Waals surface area contributed by atoms with Gasteiger partial charge in [0, 0.05) is 44.0 Å². The Balaban J connectivity index is 1.90. The average molecular weight is 261 g/mol. The van der Waals surface area contributed by atoms with Gasteiger partial charge in [0.25, 0.3) is 0 Å². The number of hydrogen-bond acceptors (Lipinski definition) is 3. The van der Waals surface area contributed by atoms with Crippen LogP contribution in [0.3, 0.4) is 0 Å². The molecule has 3 heteroatoms. The number of hydrogen-bond donors (Lipinski definition) is 1. The van der Waals surface area contributed by atoms with E-state index >= 15 is 0 Å². The van der Waals surface area contributed by atoms with Crippen LogP contribution in [0.1, 0.15) is 38.8 Å². The third-order valence-corrected chi connectivity index (χ3v) is 4.02. The maximum atomic E-state index is 5.85. The highest BCUT2D eigenvalue weighted by Crippen LogP contribution is 2.24. The Bertz CT molecular complexity index is 418. The molecule has 106 valence electrons. The van der Waals surface area contributed by atoms with Crippen molar-refractivity contribution in [3.63, 3.8) is 0 Å². The standard InChI is InChI=1S/C16H27N3/c1-12(2)19(13(3)4)8-7-18-10-14-5-6-16(17)9-15(14)11-18/h5-6,9,12-13H,7-8,10-11,17H2,1-4H3. The van der Waals surface area contributed by atoms with E-state index in [2.05, 4.69) is 49.6 Å². The summed E-state index contributed by atoms with van der Waals surface area (Å²) < 4.78 is 0. The Morgan fingerprint density at radius 2 is 1.74 bits per heavy atom. The third-order valence-electron chi connectivity index (χ3n) is 4.02. The van der Waals surface area contributed by atoms with Crippen molar-refractivity contribution in [1.82, 2.24) is 9.80 Å². The molecule has 0 spiro atoms. The predicted octanol–water partition coefficient (Wildman–Crippen LogP) is 2.70. The molecular formula is C16H27N3. The number of rotatable bonds is 5. The first-order chi connectivity index (χ1) is 8.97. The Morgan fingerprint density at radius 1 is 1.11 bits per heavy atom. The first-order valence-corrected chi connectivity index (χ1v) is 7.32. The smallest absolute Gasteiger partial charge is 0.0317 e. The molecule has 1 heterocycles. The van der Waals surface area contributed by atoms with E-state index in [0.29, 0.717) is 12.1 Å². The molecule has 0 aromatic heterocycles. The van der Waals surface area contributed by atoms with Crippen molar-refractivity contribution in [2.24, 2.45) is 0 Å². The van der Waals surface area contributed by atoms with Crippen LogP contribution in [-0.2, 0) is 13.1 Å². The van der Waals surface area contributed by atoms with Crippen LogP contribution in [0.2, 0.25) is 0 Å². The number of nitrogens with zero attached hydrogens (tertiary/aromatic N) is 2. The maximum Gasteiger partial charge on any atom is 0.0317 e. The van der Waals surface area contributed by atoms with E-state index in [1.54, 1.807) is 0 Å². The van der Waals surface area contributed by atoms with Crippen LogP contribution in [0.25, 0.3) is 0 Å². The lowest BCUT2D eigenvalue weighted by molar-refractivity contribution is 0.143. The molecule has 0 radical (unpaired) electrons. The molecule has 2 N–H and O–H groups in total. The Morgan fingerprint density at radius 3 is 2.37 bits per heavy atom. The lowest BCUT2D eigenvalue weighted by atomic mass is 10.1. The molecule has 1 aliphatic rings. The van der Waals surface area contributed by atoms with Crippen LogP contribution in [0.15, 0.2) is 18.2 Å². The van der Waals surface area contributed by atoms with Crippen LogP contribution in [-0.4, -0.2) is 35.0 Å². The Kier molecular flexibility index (Phi) is 4.48. The SMILES string of the molecule is CC(C)N(CCN1Cc2ccc(N)cc2C1)C(C)C. The summed E-state index contributed by atoms with van der Waals surface area (Å²) in [7, 11) is 0. The Hall–Kier alpha value is -1.06. The van der Waals surface area contributed by atoms with Gasteiger partial charge in [0.2, 0.25) is 0 Å². The molecule has 0 saturated heterocycles. The molecule has 0 bridgehead atoms. The van der Waals surface area contributed by atoms with Gasteiger partial charge in [-0.3, -0.25) is 9.80 Å². The van der Waals surface area contributed by atoms with Gasteiger partial charge in [0.15, 0.2) is 0 Å². The number of fused-ring (bicyclic) bond motifs is 1. The van der Waals surface area contributed by atoms with Crippen LogP contribution in [0.4, 0.5) is 5.69 Å². The van der Waals surface area contributed by atoms with Crippen LogP contribution >= 0.6 is 0 Å². The molecular weight excluding hydrogens is 234 g/mol. The number of benzene rings is 1. The first kappa shape index (κ1) is 14.4. The number of nitrogen functional groups attached to an aromatic ring is 1. The largest absolute Gasteiger partial charge is 0.399 e. The molecule has 0 atom stereocenters. The van der Waals surface area contributed by atoms with Crippen molar-refractivity contribution in [1.29, 1.82) is 0 Å². The zero-order valence-corrected chi connectivity index (χ0v) is 12.7. The summed E-state index contributed by atoms with van der Waals surface area (Å²) in [5, 5.41) is 0. The van der Waals surface area contributed by atoms with Gasteiger partial charge >= 0.3 is 0 Å². The van der Waals surface area contributed by atoms with E-state index in [0.717, 1.165) is 31.9 Å². The fraction of sp³-hybridized carbons (Fsp3) is 0.625. The Labute approximate surface area is 117 Å². The highest BCUT2D eigenvalue weighted by molar-refractivity contribution is 5.46. The molecule has 1 aromatic carbocycles. The van der Waals surface area contributed by atoms with Gasteiger partial charge in [0.1, 0.15) is 0 Å². The predicted molar refractivity (Wildman–Crippen MR) is 81.9 cm³/mol. The van der Waals surface area contributed by atoms with Crippen molar-refractivity contribution in [2.75, 3.05) is 18.8 Å². The van der Waals surface area contributed by atoms with E-state index in [4.69, 9.17) is 5.73 Å². The minimum atomic E-state index is 0.612. The summed E-state index contributed by atoms with van der Waals surface area (Å²) in [5.74, 6) is 0. The lowest BCUT2D eigenvalue weighted by Gasteiger charge is -2.32. The molecule has 0 amide bonds. The van der Waals surface area contributed by atoms with Crippen LogP contribution in [0.5, 0.6) is 0 Å². The normalized spacial score (nSPS) is 15.7. The fourth-order valence-electron chi connectivity index (χ4n) is 3.01. The van der Waals surface area contributed by atoms with Crippen molar-refractivity contribution >= 4 is 5.69 Å². The molecule has 19 heavy (non-hydrogen) atoms. The average Bonchev–Trinajstić information content (AvgIpc) is 2.70. The van der Waals surface area contributed by atoms with Crippen molar-refractivity contribution in [3.05, 3.63) is 29.3 Å². The summed E-state index contributed by atoms with van der Waals surface area (Å²) in [6.45, 7) is 13.5. The second-order valence-electron chi connectivity index (χ2n) is 6.16. The van der Waals surface area contributed by atoms with Gasteiger partial charge in [-0.15, -0.1) is 0 Å². The van der Waals surface area contributed by atoms with Gasteiger partial charge in [-0.1, -0.05) is 6.07 Å². The lowest BCUT2D eigenvalue weighted by Crippen LogP contribution is -2.41. The molecule has 1 aliphatic heterocycles.